The molecule has 23 heavy (non-hydrogen) atoms. The molecule has 1 aromatic carbocycles. The summed E-state index contributed by atoms with van der Waals surface area (Å²) in [6, 6.07) is 10.4. The minimum absolute atomic E-state index is 0.356. The largest absolute Gasteiger partial charge is 0.480 e. The lowest BCUT2D eigenvalue weighted by Crippen LogP contribution is -2.40. The molecule has 0 saturated carbocycles. The number of nitrogens with zero attached hydrogens (tertiary/aromatic N) is 1. The van der Waals surface area contributed by atoms with Crippen LogP contribution in [0.5, 0.6) is 0 Å². The van der Waals surface area contributed by atoms with Crippen LogP contribution in [0.25, 0.3) is 11.1 Å². The molecule has 1 atom stereocenters. The van der Waals surface area contributed by atoms with E-state index < -0.39 is 17.9 Å². The van der Waals surface area contributed by atoms with Crippen molar-refractivity contribution in [1.82, 2.24) is 10.3 Å². The van der Waals surface area contributed by atoms with Crippen molar-refractivity contribution in [3.05, 3.63) is 54.4 Å². The van der Waals surface area contributed by atoms with E-state index in [-0.39, 0.29) is 0 Å². The van der Waals surface area contributed by atoms with E-state index in [1.165, 1.54) is 6.20 Å². The van der Waals surface area contributed by atoms with Gasteiger partial charge in [-0.15, -0.1) is 0 Å². The number of hydrogen-bond donors (Lipinski definition) is 2. The van der Waals surface area contributed by atoms with Gasteiger partial charge in [-0.25, -0.2) is 4.79 Å². The first-order valence-corrected chi connectivity index (χ1v) is 7.66. The quantitative estimate of drug-likeness (QED) is 0.823. The Labute approximate surface area is 135 Å². The molecule has 0 fully saturated rings. The van der Waals surface area contributed by atoms with E-state index in [1.54, 1.807) is 12.3 Å². The third kappa shape index (κ3) is 4.64. The fraction of sp³-hybridized carbons (Fsp3) is 0.278. The first-order valence-electron chi connectivity index (χ1n) is 7.66. The highest BCUT2D eigenvalue weighted by atomic mass is 16.4. The zero-order valence-corrected chi connectivity index (χ0v) is 13.0. The van der Waals surface area contributed by atoms with Crippen molar-refractivity contribution in [2.24, 2.45) is 0 Å². The summed E-state index contributed by atoms with van der Waals surface area (Å²) < 4.78 is 0. The monoisotopic (exact) mass is 312 g/mol. The summed E-state index contributed by atoms with van der Waals surface area (Å²) in [6.07, 6.45) is 5.17. The molecule has 1 heterocycles. The van der Waals surface area contributed by atoms with Gasteiger partial charge in [0.2, 0.25) is 0 Å². The molecular weight excluding hydrogens is 292 g/mol. The van der Waals surface area contributed by atoms with Gasteiger partial charge >= 0.3 is 5.97 Å². The highest BCUT2D eigenvalue weighted by Gasteiger charge is 2.20. The number of pyridine rings is 1. The molecule has 1 unspecified atom stereocenters. The normalized spacial score (nSPS) is 11.7. The highest BCUT2D eigenvalue weighted by molar-refractivity contribution is 5.97. The van der Waals surface area contributed by atoms with Gasteiger partial charge in [-0.05, 0) is 18.1 Å². The van der Waals surface area contributed by atoms with E-state index in [1.807, 2.05) is 37.3 Å². The number of carboxylic acid groups (broad SMARTS) is 1. The summed E-state index contributed by atoms with van der Waals surface area (Å²) in [5.41, 5.74) is 2.13. The van der Waals surface area contributed by atoms with Gasteiger partial charge in [0, 0.05) is 18.0 Å². The predicted octanol–water partition coefficient (Wildman–Crippen LogP) is 3.12. The summed E-state index contributed by atoms with van der Waals surface area (Å²) in [5.74, 6) is -1.43. The molecule has 0 radical (unpaired) electrons. The minimum atomic E-state index is -1.01. The third-order valence-corrected chi connectivity index (χ3v) is 3.56. The fourth-order valence-electron chi connectivity index (χ4n) is 2.26. The van der Waals surface area contributed by atoms with E-state index in [0.29, 0.717) is 12.0 Å². The number of rotatable bonds is 7. The number of aliphatic carboxylic acids is 1. The Morgan fingerprint density at radius 1 is 1.17 bits per heavy atom. The fourth-order valence-corrected chi connectivity index (χ4v) is 2.26. The summed E-state index contributed by atoms with van der Waals surface area (Å²) in [4.78, 5) is 27.6. The van der Waals surface area contributed by atoms with Crippen molar-refractivity contribution in [3.8, 4) is 11.1 Å². The maximum atomic E-state index is 12.3. The standard InChI is InChI=1S/C18H20N2O3/c1-2-3-9-16(18(22)23)20-17(21)15-10-14(11-19-12-15)13-7-5-4-6-8-13/h4-8,10-12,16H,2-3,9H2,1H3,(H,20,21)(H,22,23). The van der Waals surface area contributed by atoms with Crippen LogP contribution >= 0.6 is 0 Å². The summed E-state index contributed by atoms with van der Waals surface area (Å²) >= 11 is 0. The topological polar surface area (TPSA) is 79.3 Å². The Balaban J connectivity index is 2.14. The van der Waals surface area contributed by atoms with Crippen LogP contribution in [0.3, 0.4) is 0 Å². The number of aromatic nitrogens is 1. The highest BCUT2D eigenvalue weighted by Crippen LogP contribution is 2.18. The Kier molecular flexibility index (Phi) is 5.86. The van der Waals surface area contributed by atoms with Gasteiger partial charge in [-0.2, -0.15) is 0 Å². The average Bonchev–Trinajstić information content (AvgIpc) is 2.59. The molecule has 1 amide bonds. The number of nitrogens with one attached hydrogen (secondary N) is 1. The molecule has 5 nitrogen and oxygen atoms in total. The lowest BCUT2D eigenvalue weighted by atomic mass is 10.1. The average molecular weight is 312 g/mol. The number of carbonyl (C=O) groups is 2. The molecule has 0 spiro atoms. The molecule has 2 rings (SSSR count). The van der Waals surface area contributed by atoms with Crippen molar-refractivity contribution in [2.45, 2.75) is 32.2 Å². The zero-order valence-electron chi connectivity index (χ0n) is 13.0. The first kappa shape index (κ1) is 16.7. The van der Waals surface area contributed by atoms with Gasteiger partial charge in [0.05, 0.1) is 5.56 Å². The number of amides is 1. The van der Waals surface area contributed by atoms with Crippen LogP contribution in [0.2, 0.25) is 0 Å². The molecule has 5 heteroatoms. The maximum Gasteiger partial charge on any atom is 0.326 e. The van der Waals surface area contributed by atoms with Gasteiger partial charge in [0.25, 0.3) is 5.91 Å². The zero-order chi connectivity index (χ0) is 16.7. The van der Waals surface area contributed by atoms with Crippen molar-refractivity contribution in [1.29, 1.82) is 0 Å². The number of unbranched alkanes of at least 4 members (excludes halogenated alkanes) is 1. The smallest absolute Gasteiger partial charge is 0.326 e. The Morgan fingerprint density at radius 2 is 1.91 bits per heavy atom. The van der Waals surface area contributed by atoms with Crippen LogP contribution in [-0.4, -0.2) is 28.0 Å². The maximum absolute atomic E-state index is 12.3. The van der Waals surface area contributed by atoms with Crippen LogP contribution in [0.1, 0.15) is 36.5 Å². The van der Waals surface area contributed by atoms with Crippen molar-refractivity contribution >= 4 is 11.9 Å². The van der Waals surface area contributed by atoms with Gasteiger partial charge in [-0.1, -0.05) is 50.1 Å². The molecule has 2 N–H and O–H groups in total. The second kappa shape index (κ2) is 8.08. The molecule has 0 saturated heterocycles. The molecule has 0 aliphatic heterocycles. The molecule has 0 aliphatic carbocycles. The van der Waals surface area contributed by atoms with Crippen molar-refractivity contribution in [2.75, 3.05) is 0 Å². The van der Waals surface area contributed by atoms with E-state index in [0.717, 1.165) is 24.0 Å². The molecule has 2 aromatic rings. The molecule has 0 aliphatic rings. The summed E-state index contributed by atoms with van der Waals surface area (Å²) in [6.45, 7) is 1.98. The van der Waals surface area contributed by atoms with Crippen LogP contribution in [0.15, 0.2) is 48.8 Å². The summed E-state index contributed by atoms with van der Waals surface area (Å²) in [7, 11) is 0. The molecule has 1 aromatic heterocycles. The van der Waals surface area contributed by atoms with E-state index >= 15 is 0 Å². The third-order valence-electron chi connectivity index (χ3n) is 3.56. The second-order valence-electron chi connectivity index (χ2n) is 5.33. The number of carboxylic acids is 1. The SMILES string of the molecule is CCCCC(NC(=O)c1cncc(-c2ccccc2)c1)C(=O)O. The first-order chi connectivity index (χ1) is 11.1. The van der Waals surface area contributed by atoms with Crippen LogP contribution in [0.4, 0.5) is 0 Å². The van der Waals surface area contributed by atoms with Crippen LogP contribution < -0.4 is 5.32 Å². The van der Waals surface area contributed by atoms with E-state index in [2.05, 4.69) is 10.3 Å². The van der Waals surface area contributed by atoms with Gasteiger partial charge in [0.1, 0.15) is 6.04 Å². The van der Waals surface area contributed by atoms with Gasteiger partial charge in [-0.3, -0.25) is 9.78 Å². The summed E-state index contributed by atoms with van der Waals surface area (Å²) in [5, 5.41) is 11.8. The minimum Gasteiger partial charge on any atom is -0.480 e. The van der Waals surface area contributed by atoms with Gasteiger partial charge in [0.15, 0.2) is 0 Å². The second-order valence-corrected chi connectivity index (χ2v) is 5.33. The number of carbonyl (C=O) groups excluding carboxylic acids is 1. The van der Waals surface area contributed by atoms with Crippen LogP contribution in [0, 0.1) is 0 Å². The van der Waals surface area contributed by atoms with Crippen molar-refractivity contribution in [3.63, 3.8) is 0 Å². The molecule has 120 valence electrons. The van der Waals surface area contributed by atoms with Gasteiger partial charge < -0.3 is 10.4 Å². The lowest BCUT2D eigenvalue weighted by molar-refractivity contribution is -0.139. The number of benzene rings is 1. The van der Waals surface area contributed by atoms with E-state index in [4.69, 9.17) is 0 Å². The van der Waals surface area contributed by atoms with Crippen LogP contribution in [-0.2, 0) is 4.79 Å². The van der Waals surface area contributed by atoms with Crippen molar-refractivity contribution < 1.29 is 14.7 Å². The lowest BCUT2D eigenvalue weighted by Gasteiger charge is -2.14. The molecule has 0 bridgehead atoms. The number of hydrogen-bond acceptors (Lipinski definition) is 3. The molecular formula is C18H20N2O3. The Bertz CT molecular complexity index is 671. The predicted molar refractivity (Wildman–Crippen MR) is 88.1 cm³/mol. The Hall–Kier alpha value is -2.69. The Morgan fingerprint density at radius 3 is 2.57 bits per heavy atom. The van der Waals surface area contributed by atoms with E-state index in [9.17, 15) is 14.7 Å².